The molecule has 9 heteroatoms. The summed E-state index contributed by atoms with van der Waals surface area (Å²) in [6.45, 7) is 8.10. The number of aryl methyl sites for hydroxylation is 1. The lowest BCUT2D eigenvalue weighted by atomic mass is 10.0. The molecule has 33 heavy (non-hydrogen) atoms. The van der Waals surface area contributed by atoms with Crippen molar-refractivity contribution in [2.45, 2.75) is 33.2 Å². The van der Waals surface area contributed by atoms with Crippen LogP contribution < -0.4 is 10.6 Å². The molecule has 2 amide bonds. The van der Waals surface area contributed by atoms with E-state index in [0.29, 0.717) is 6.42 Å². The Hall–Kier alpha value is -3.07. The van der Waals surface area contributed by atoms with Crippen LogP contribution in [0.15, 0.2) is 30.3 Å². The number of likely N-dealkylation sites (N-methyl/N-ethyl adjacent to an activating group) is 1. The molecule has 1 saturated heterocycles. The van der Waals surface area contributed by atoms with Crippen molar-refractivity contribution in [2.75, 3.05) is 38.0 Å². The Morgan fingerprint density at radius 1 is 1.03 bits per heavy atom. The first kappa shape index (κ1) is 24.6. The number of carbonyl (C=O) groups is 2. The molecule has 0 aliphatic carbocycles. The quantitative estimate of drug-likeness (QED) is 0.597. The molecule has 2 aromatic carbocycles. The van der Waals surface area contributed by atoms with Crippen LogP contribution in [0.25, 0.3) is 0 Å². The van der Waals surface area contributed by atoms with Gasteiger partial charge in [-0.25, -0.2) is 13.2 Å². The summed E-state index contributed by atoms with van der Waals surface area (Å²) in [4.78, 5) is 28.5. The van der Waals surface area contributed by atoms with Crippen LogP contribution in [0.2, 0.25) is 0 Å². The van der Waals surface area contributed by atoms with E-state index in [1.54, 1.807) is 6.07 Å². The molecule has 0 spiro atoms. The standard InChI is InChI=1S/C24H29F3N4O2/c1-4-15-7-10-20(19(26)11-15)29-23-17(8-9-18(25)22(23)27)24(33)31-12-16(13-31)28-21(32)14-30(5-2)6-3/h7-11,16,29H,4-6,12-14H2,1-3H3,(H,28,32). The highest BCUT2D eigenvalue weighted by Gasteiger charge is 2.34. The van der Waals surface area contributed by atoms with Crippen molar-refractivity contribution < 1.29 is 22.8 Å². The van der Waals surface area contributed by atoms with Gasteiger partial charge in [0.1, 0.15) is 5.82 Å². The molecule has 3 rings (SSSR count). The summed E-state index contributed by atoms with van der Waals surface area (Å²) >= 11 is 0. The SMILES string of the molecule is CCc1ccc(Nc2c(C(=O)N3CC(NC(=O)CN(CC)CC)C3)ccc(F)c2F)c(F)c1. The van der Waals surface area contributed by atoms with E-state index in [2.05, 4.69) is 10.6 Å². The Labute approximate surface area is 191 Å². The third-order valence-corrected chi connectivity index (χ3v) is 5.82. The van der Waals surface area contributed by atoms with Gasteiger partial charge in [-0.3, -0.25) is 14.5 Å². The highest BCUT2D eigenvalue weighted by atomic mass is 19.2. The molecule has 1 fully saturated rings. The predicted octanol–water partition coefficient (Wildman–Crippen LogP) is 3.69. The molecule has 6 nitrogen and oxygen atoms in total. The third-order valence-electron chi connectivity index (χ3n) is 5.82. The lowest BCUT2D eigenvalue weighted by Gasteiger charge is -2.40. The molecular formula is C24H29F3N4O2. The fraction of sp³-hybridized carbons (Fsp3) is 0.417. The van der Waals surface area contributed by atoms with E-state index < -0.39 is 29.0 Å². The second-order valence-electron chi connectivity index (χ2n) is 8.01. The number of benzene rings is 2. The van der Waals surface area contributed by atoms with Crippen LogP contribution in [0.1, 0.15) is 36.7 Å². The predicted molar refractivity (Wildman–Crippen MR) is 121 cm³/mol. The molecule has 0 saturated carbocycles. The minimum Gasteiger partial charge on any atom is -0.350 e. The number of anilines is 2. The van der Waals surface area contributed by atoms with E-state index in [9.17, 15) is 22.8 Å². The van der Waals surface area contributed by atoms with E-state index in [1.807, 2.05) is 25.7 Å². The zero-order chi connectivity index (χ0) is 24.1. The van der Waals surface area contributed by atoms with Crippen LogP contribution in [0.3, 0.4) is 0 Å². The second-order valence-corrected chi connectivity index (χ2v) is 8.01. The summed E-state index contributed by atoms with van der Waals surface area (Å²) in [5.41, 5.74) is 0.164. The van der Waals surface area contributed by atoms with Crippen molar-refractivity contribution in [1.82, 2.24) is 15.1 Å². The largest absolute Gasteiger partial charge is 0.350 e. The number of rotatable bonds is 9. The fourth-order valence-corrected chi connectivity index (χ4v) is 3.70. The van der Waals surface area contributed by atoms with Crippen molar-refractivity contribution in [1.29, 1.82) is 0 Å². The third kappa shape index (κ3) is 5.65. The van der Waals surface area contributed by atoms with Crippen LogP contribution in [0.4, 0.5) is 24.5 Å². The maximum atomic E-state index is 14.6. The molecule has 0 bridgehead atoms. The molecule has 1 aliphatic heterocycles. The smallest absolute Gasteiger partial charge is 0.256 e. The van der Waals surface area contributed by atoms with E-state index in [0.717, 1.165) is 24.7 Å². The van der Waals surface area contributed by atoms with Gasteiger partial charge in [0.25, 0.3) is 5.91 Å². The van der Waals surface area contributed by atoms with Gasteiger partial charge < -0.3 is 15.5 Å². The van der Waals surface area contributed by atoms with E-state index in [1.165, 1.54) is 23.1 Å². The van der Waals surface area contributed by atoms with E-state index in [-0.39, 0.29) is 42.8 Å². The number of likely N-dealkylation sites (tertiary alicyclic amines) is 1. The number of halogens is 3. The van der Waals surface area contributed by atoms with Crippen LogP contribution in [0.5, 0.6) is 0 Å². The molecule has 0 atom stereocenters. The Morgan fingerprint density at radius 3 is 2.33 bits per heavy atom. The maximum absolute atomic E-state index is 14.6. The molecule has 0 aromatic heterocycles. The number of nitrogens with zero attached hydrogens (tertiary/aromatic N) is 2. The lowest BCUT2D eigenvalue weighted by molar-refractivity contribution is -0.123. The highest BCUT2D eigenvalue weighted by Crippen LogP contribution is 2.30. The van der Waals surface area contributed by atoms with Gasteiger partial charge in [-0.05, 0) is 49.3 Å². The molecule has 2 N–H and O–H groups in total. The molecular weight excluding hydrogens is 433 g/mol. The van der Waals surface area contributed by atoms with Crippen LogP contribution >= 0.6 is 0 Å². The topological polar surface area (TPSA) is 64.7 Å². The fourth-order valence-electron chi connectivity index (χ4n) is 3.70. The molecule has 178 valence electrons. The first-order chi connectivity index (χ1) is 15.8. The zero-order valence-corrected chi connectivity index (χ0v) is 19.1. The monoisotopic (exact) mass is 462 g/mol. The number of amides is 2. The summed E-state index contributed by atoms with van der Waals surface area (Å²) in [6.07, 6.45) is 0.622. The van der Waals surface area contributed by atoms with Crippen molar-refractivity contribution in [3.63, 3.8) is 0 Å². The van der Waals surface area contributed by atoms with Gasteiger partial charge in [0, 0.05) is 13.1 Å². The highest BCUT2D eigenvalue weighted by molar-refractivity contribution is 6.01. The molecule has 1 heterocycles. The molecule has 1 aliphatic rings. The number of hydrogen-bond acceptors (Lipinski definition) is 4. The average Bonchev–Trinajstić information content (AvgIpc) is 2.78. The Morgan fingerprint density at radius 2 is 1.73 bits per heavy atom. The van der Waals surface area contributed by atoms with Crippen LogP contribution in [-0.4, -0.2) is 60.4 Å². The minimum absolute atomic E-state index is 0.0594. The van der Waals surface area contributed by atoms with Gasteiger partial charge >= 0.3 is 0 Å². The van der Waals surface area contributed by atoms with Gasteiger partial charge in [-0.1, -0.05) is 26.8 Å². The van der Waals surface area contributed by atoms with Gasteiger partial charge in [-0.15, -0.1) is 0 Å². The van der Waals surface area contributed by atoms with Gasteiger partial charge in [0.05, 0.1) is 29.5 Å². The van der Waals surface area contributed by atoms with E-state index >= 15 is 0 Å². The van der Waals surface area contributed by atoms with Crippen LogP contribution in [-0.2, 0) is 11.2 Å². The normalized spacial score (nSPS) is 13.7. The second kappa shape index (κ2) is 10.7. The number of nitrogens with one attached hydrogen (secondary N) is 2. The number of hydrogen-bond donors (Lipinski definition) is 2. The Kier molecular flexibility index (Phi) is 7.97. The summed E-state index contributed by atoms with van der Waals surface area (Å²) in [5.74, 6) is -3.70. The van der Waals surface area contributed by atoms with Gasteiger partial charge in [0.15, 0.2) is 11.6 Å². The minimum atomic E-state index is -1.26. The summed E-state index contributed by atoms with van der Waals surface area (Å²) in [5, 5.41) is 5.42. The molecule has 0 radical (unpaired) electrons. The lowest BCUT2D eigenvalue weighted by Crippen LogP contribution is -2.61. The van der Waals surface area contributed by atoms with Crippen molar-refractivity contribution >= 4 is 23.2 Å². The van der Waals surface area contributed by atoms with E-state index in [4.69, 9.17) is 0 Å². The first-order valence-electron chi connectivity index (χ1n) is 11.1. The number of carbonyl (C=O) groups excluding carboxylic acids is 2. The molecule has 2 aromatic rings. The summed E-state index contributed by atoms with van der Waals surface area (Å²) in [7, 11) is 0. The molecule has 0 unspecified atom stereocenters. The summed E-state index contributed by atoms with van der Waals surface area (Å²) < 4.78 is 43.0. The van der Waals surface area contributed by atoms with Crippen molar-refractivity contribution in [3.8, 4) is 0 Å². The summed E-state index contributed by atoms with van der Waals surface area (Å²) in [6, 6.07) is 6.24. The Balaban J connectivity index is 1.71. The maximum Gasteiger partial charge on any atom is 0.256 e. The first-order valence-corrected chi connectivity index (χ1v) is 11.1. The zero-order valence-electron chi connectivity index (χ0n) is 19.1. The van der Waals surface area contributed by atoms with Crippen LogP contribution in [0, 0.1) is 17.5 Å². The van der Waals surface area contributed by atoms with Gasteiger partial charge in [-0.2, -0.15) is 0 Å². The van der Waals surface area contributed by atoms with Crippen molar-refractivity contribution in [2.24, 2.45) is 0 Å². The average molecular weight is 463 g/mol. The van der Waals surface area contributed by atoms with Gasteiger partial charge in [0.2, 0.25) is 5.91 Å². The van der Waals surface area contributed by atoms with Crippen molar-refractivity contribution in [3.05, 3.63) is 58.9 Å². The Bertz CT molecular complexity index is 1020.